The normalized spacial score (nSPS) is 13.1. The highest BCUT2D eigenvalue weighted by atomic mass is 16.7. The summed E-state index contributed by atoms with van der Waals surface area (Å²) in [6.07, 6.45) is 1.18. The maximum absolute atomic E-state index is 9.19. The minimum absolute atomic E-state index is 0.158. The largest absolute Gasteiger partial charge is 0.508 e. The first kappa shape index (κ1) is 6.97. The summed E-state index contributed by atoms with van der Waals surface area (Å²) in [6, 6.07) is 3.07. The molecule has 0 bridgehead atoms. The van der Waals surface area contributed by atoms with Gasteiger partial charge in [-0.1, -0.05) is 0 Å². The maximum Gasteiger partial charge on any atom is 0.219 e. The fourth-order valence-electron chi connectivity index (χ4n) is 1.08. The molecule has 0 atom stereocenters. The summed E-state index contributed by atoms with van der Waals surface area (Å²) in [4.78, 5) is 4.94. The van der Waals surface area contributed by atoms with Gasteiger partial charge in [0.25, 0.3) is 0 Å². The monoisotopic (exact) mass is 165 g/mol. The summed E-state index contributed by atoms with van der Waals surface area (Å²) in [6.45, 7) is 1.81. The summed E-state index contributed by atoms with van der Waals surface area (Å²) in [5.74, 6) is 1.20. The standard InChI is InChI=1S/C8H7NO3/c1-5-2-6(10)3-7-8(5)12-9-4-11-7/h2-4,10H,1H3. The molecule has 1 heterocycles. The van der Waals surface area contributed by atoms with Crippen LogP contribution in [0.5, 0.6) is 17.2 Å². The summed E-state index contributed by atoms with van der Waals surface area (Å²) in [5, 5.41) is 12.7. The number of rotatable bonds is 0. The number of phenolic OH excluding ortho intramolecular Hbond substituents is 1. The van der Waals surface area contributed by atoms with Crippen molar-refractivity contribution in [3.8, 4) is 17.2 Å². The molecule has 0 unspecified atom stereocenters. The van der Waals surface area contributed by atoms with Crippen LogP contribution in [0.2, 0.25) is 0 Å². The maximum atomic E-state index is 9.19. The predicted octanol–water partition coefficient (Wildman–Crippen LogP) is 1.42. The fraction of sp³-hybridized carbons (Fsp3) is 0.125. The highest BCUT2D eigenvalue weighted by Gasteiger charge is 2.13. The van der Waals surface area contributed by atoms with E-state index in [0.29, 0.717) is 11.5 Å². The molecule has 0 aromatic heterocycles. The number of fused-ring (bicyclic) bond motifs is 1. The number of ether oxygens (including phenoxy) is 1. The van der Waals surface area contributed by atoms with Crippen LogP contribution in [0.3, 0.4) is 0 Å². The van der Waals surface area contributed by atoms with E-state index in [-0.39, 0.29) is 5.75 Å². The number of phenols is 1. The second kappa shape index (κ2) is 2.41. The van der Waals surface area contributed by atoms with Crippen LogP contribution in [0.4, 0.5) is 0 Å². The lowest BCUT2D eigenvalue weighted by Crippen LogP contribution is -2.02. The van der Waals surface area contributed by atoms with Gasteiger partial charge < -0.3 is 14.7 Å². The van der Waals surface area contributed by atoms with Crippen molar-refractivity contribution < 1.29 is 14.7 Å². The van der Waals surface area contributed by atoms with Gasteiger partial charge in [-0.05, 0) is 18.1 Å². The number of hydrogen-bond donors (Lipinski definition) is 1. The van der Waals surface area contributed by atoms with E-state index in [1.165, 1.54) is 12.5 Å². The highest BCUT2D eigenvalue weighted by molar-refractivity contribution is 5.61. The van der Waals surface area contributed by atoms with Crippen LogP contribution < -0.4 is 9.57 Å². The minimum Gasteiger partial charge on any atom is -0.508 e. The Morgan fingerprint density at radius 2 is 2.25 bits per heavy atom. The molecule has 0 saturated heterocycles. The van der Waals surface area contributed by atoms with E-state index in [2.05, 4.69) is 5.16 Å². The molecule has 1 aromatic rings. The third kappa shape index (κ3) is 0.972. The Morgan fingerprint density at radius 1 is 1.42 bits per heavy atom. The summed E-state index contributed by atoms with van der Waals surface area (Å²) >= 11 is 0. The van der Waals surface area contributed by atoms with Gasteiger partial charge in [0.05, 0.1) is 0 Å². The topological polar surface area (TPSA) is 51.0 Å². The molecule has 0 saturated carbocycles. The van der Waals surface area contributed by atoms with E-state index >= 15 is 0 Å². The van der Waals surface area contributed by atoms with Gasteiger partial charge in [-0.25, -0.2) is 0 Å². The number of aromatic hydroxyl groups is 1. The molecule has 1 aliphatic rings. The van der Waals surface area contributed by atoms with Crippen LogP contribution in [0.1, 0.15) is 5.56 Å². The van der Waals surface area contributed by atoms with Crippen LogP contribution in [-0.4, -0.2) is 11.5 Å². The van der Waals surface area contributed by atoms with Crippen molar-refractivity contribution in [3.05, 3.63) is 17.7 Å². The Bertz CT molecular complexity index is 346. The summed E-state index contributed by atoms with van der Waals surface area (Å²) in [5.41, 5.74) is 0.793. The fourth-order valence-corrected chi connectivity index (χ4v) is 1.08. The van der Waals surface area contributed by atoms with Crippen molar-refractivity contribution in [2.24, 2.45) is 5.16 Å². The predicted molar refractivity (Wildman–Crippen MR) is 42.6 cm³/mol. The highest BCUT2D eigenvalue weighted by Crippen LogP contribution is 2.36. The number of benzene rings is 1. The first-order chi connectivity index (χ1) is 5.77. The Kier molecular flexibility index (Phi) is 1.40. The molecular weight excluding hydrogens is 158 g/mol. The Hall–Kier alpha value is -1.71. The van der Waals surface area contributed by atoms with Gasteiger partial charge in [0.1, 0.15) is 5.75 Å². The number of nitrogens with zero attached hydrogens (tertiary/aromatic N) is 1. The molecule has 4 heteroatoms. The van der Waals surface area contributed by atoms with Gasteiger partial charge >= 0.3 is 0 Å². The third-order valence-corrected chi connectivity index (χ3v) is 1.59. The SMILES string of the molecule is Cc1cc(O)cc2c1ON=CO2. The van der Waals surface area contributed by atoms with Gasteiger partial charge in [-0.3, -0.25) is 0 Å². The van der Waals surface area contributed by atoms with Crippen LogP contribution in [0.15, 0.2) is 17.3 Å². The lowest BCUT2D eigenvalue weighted by atomic mass is 10.2. The first-order valence-corrected chi connectivity index (χ1v) is 3.46. The second-order valence-corrected chi connectivity index (χ2v) is 2.51. The molecule has 0 spiro atoms. The van der Waals surface area contributed by atoms with E-state index in [1.807, 2.05) is 6.92 Å². The number of aryl methyl sites for hydroxylation is 1. The lowest BCUT2D eigenvalue weighted by molar-refractivity contribution is 0.294. The average molecular weight is 165 g/mol. The molecular formula is C8H7NO3. The Morgan fingerprint density at radius 3 is 3.08 bits per heavy atom. The zero-order valence-electron chi connectivity index (χ0n) is 6.44. The molecule has 1 aliphatic heterocycles. The van der Waals surface area contributed by atoms with E-state index in [1.54, 1.807) is 6.07 Å². The van der Waals surface area contributed by atoms with Gasteiger partial charge in [0, 0.05) is 11.6 Å². The van der Waals surface area contributed by atoms with Crippen LogP contribution in [-0.2, 0) is 0 Å². The number of oxime groups is 1. The third-order valence-electron chi connectivity index (χ3n) is 1.59. The quantitative estimate of drug-likeness (QED) is 0.632. The molecule has 12 heavy (non-hydrogen) atoms. The van der Waals surface area contributed by atoms with E-state index in [0.717, 1.165) is 5.56 Å². The van der Waals surface area contributed by atoms with E-state index in [9.17, 15) is 5.11 Å². The van der Waals surface area contributed by atoms with Crippen molar-refractivity contribution in [2.45, 2.75) is 6.92 Å². The van der Waals surface area contributed by atoms with Crippen molar-refractivity contribution in [3.63, 3.8) is 0 Å². The molecule has 0 amide bonds. The molecule has 0 fully saturated rings. The Balaban J connectivity index is 2.57. The van der Waals surface area contributed by atoms with Crippen molar-refractivity contribution >= 4 is 6.40 Å². The summed E-state index contributed by atoms with van der Waals surface area (Å²) < 4.78 is 5.01. The smallest absolute Gasteiger partial charge is 0.219 e. The first-order valence-electron chi connectivity index (χ1n) is 3.46. The molecule has 2 rings (SSSR count). The minimum atomic E-state index is 0.158. The van der Waals surface area contributed by atoms with Crippen molar-refractivity contribution in [1.29, 1.82) is 0 Å². The molecule has 1 N–H and O–H groups in total. The molecule has 62 valence electrons. The van der Waals surface area contributed by atoms with Crippen molar-refractivity contribution in [1.82, 2.24) is 0 Å². The van der Waals surface area contributed by atoms with Gasteiger partial charge in [-0.2, -0.15) is 0 Å². The second-order valence-electron chi connectivity index (χ2n) is 2.51. The zero-order valence-corrected chi connectivity index (χ0v) is 6.44. The van der Waals surface area contributed by atoms with E-state index in [4.69, 9.17) is 9.57 Å². The van der Waals surface area contributed by atoms with Crippen LogP contribution in [0.25, 0.3) is 0 Å². The zero-order chi connectivity index (χ0) is 8.55. The Labute approximate surface area is 69.0 Å². The molecule has 0 radical (unpaired) electrons. The van der Waals surface area contributed by atoms with Crippen LogP contribution >= 0.6 is 0 Å². The van der Waals surface area contributed by atoms with Gasteiger partial charge in [0.2, 0.25) is 12.2 Å². The summed E-state index contributed by atoms with van der Waals surface area (Å²) in [7, 11) is 0. The number of hydrogen-bond acceptors (Lipinski definition) is 4. The lowest BCUT2D eigenvalue weighted by Gasteiger charge is -2.12. The average Bonchev–Trinajstić information content (AvgIpc) is 2.04. The molecule has 4 nitrogen and oxygen atoms in total. The molecule has 1 aromatic carbocycles. The van der Waals surface area contributed by atoms with Gasteiger partial charge in [0.15, 0.2) is 5.75 Å². The van der Waals surface area contributed by atoms with E-state index < -0.39 is 0 Å². The van der Waals surface area contributed by atoms with Crippen molar-refractivity contribution in [2.75, 3.05) is 0 Å². The molecule has 0 aliphatic carbocycles. The van der Waals surface area contributed by atoms with Gasteiger partial charge in [-0.15, -0.1) is 0 Å². The van der Waals surface area contributed by atoms with Crippen LogP contribution in [0, 0.1) is 6.92 Å².